The fourth-order valence-corrected chi connectivity index (χ4v) is 7.25. The summed E-state index contributed by atoms with van der Waals surface area (Å²) in [4.78, 5) is 17.1. The molecule has 0 bridgehead atoms. The summed E-state index contributed by atoms with van der Waals surface area (Å²) >= 11 is 1.85. The van der Waals surface area contributed by atoms with Crippen molar-refractivity contribution in [2.75, 3.05) is 0 Å². The quantitative estimate of drug-likeness (QED) is 0.217. The molecule has 9 rings (SSSR count). The van der Waals surface area contributed by atoms with Gasteiger partial charge in [-0.15, -0.1) is 11.3 Å². The molecule has 0 saturated carbocycles. The minimum absolute atomic E-state index is 0.665. The summed E-state index contributed by atoms with van der Waals surface area (Å²) < 4.78 is 2.44. The van der Waals surface area contributed by atoms with Gasteiger partial charge in [-0.2, -0.15) is 0 Å². The number of para-hydroxylation sites is 2. The fraction of sp³-hybridized carbons (Fsp3) is 0. The van der Waals surface area contributed by atoms with Crippen molar-refractivity contribution in [3.63, 3.8) is 0 Å². The van der Waals surface area contributed by atoms with E-state index in [1.807, 2.05) is 72.0 Å². The Bertz CT molecular complexity index is 2330. The first-order valence-electron chi connectivity index (χ1n) is 14.0. The van der Waals surface area contributed by atoms with Crippen LogP contribution < -0.4 is 0 Å². The summed E-state index contributed by atoms with van der Waals surface area (Å²) in [7, 11) is 0. The van der Waals surface area contributed by atoms with Gasteiger partial charge in [-0.05, 0) is 17.7 Å². The van der Waals surface area contributed by atoms with Gasteiger partial charge in [-0.25, -0.2) is 15.0 Å². The second-order valence-corrected chi connectivity index (χ2v) is 11.5. The van der Waals surface area contributed by atoms with E-state index in [2.05, 4.69) is 77.2 Å². The highest BCUT2D eigenvalue weighted by Gasteiger charge is 2.19. The minimum atomic E-state index is 0.665. The molecule has 0 spiro atoms. The van der Waals surface area contributed by atoms with Crippen LogP contribution in [0.1, 0.15) is 0 Å². The topological polar surface area (TPSA) is 43.1 Å². The SMILES string of the molecule is c1ccc(-c2nc(-c3ccccc3)nc(-c3ccc(-c4cc5c6cccc7c8ccccc8n(c5s4)c76)cc3)n2)cc1. The molecule has 5 heteroatoms. The van der Waals surface area contributed by atoms with Gasteiger partial charge in [0.15, 0.2) is 17.5 Å². The standard InChI is InChI=1S/C37H22N4S/c1-3-10-24(11-4-1)34-38-35(25-12-5-2-6-13-25)40-36(39-34)26-20-18-23(19-21-26)32-22-30-29-16-9-15-28-27-14-7-8-17-31(27)41(33(28)29)37(30)42-32/h1-22H. The fourth-order valence-electron chi connectivity index (χ4n) is 6.05. The molecule has 0 radical (unpaired) electrons. The summed E-state index contributed by atoms with van der Waals surface area (Å²) in [5.41, 5.74) is 6.66. The van der Waals surface area contributed by atoms with Gasteiger partial charge in [-0.1, -0.05) is 121 Å². The lowest BCUT2D eigenvalue weighted by Gasteiger charge is -2.08. The van der Waals surface area contributed by atoms with Gasteiger partial charge in [0.25, 0.3) is 0 Å². The molecule has 0 fully saturated rings. The van der Waals surface area contributed by atoms with E-state index in [0.29, 0.717) is 17.5 Å². The lowest BCUT2D eigenvalue weighted by atomic mass is 10.1. The summed E-state index contributed by atoms with van der Waals surface area (Å²) in [6, 6.07) is 46.5. The minimum Gasteiger partial charge on any atom is -0.299 e. The number of hydrogen-bond donors (Lipinski definition) is 0. The third kappa shape index (κ3) is 3.51. The van der Waals surface area contributed by atoms with Crippen LogP contribution in [0.3, 0.4) is 0 Å². The second kappa shape index (κ2) is 9.06. The summed E-state index contributed by atoms with van der Waals surface area (Å²) in [6.07, 6.45) is 0. The highest BCUT2D eigenvalue weighted by atomic mass is 32.1. The van der Waals surface area contributed by atoms with Gasteiger partial charge < -0.3 is 0 Å². The maximum absolute atomic E-state index is 4.89. The zero-order valence-corrected chi connectivity index (χ0v) is 23.2. The molecule has 9 aromatic rings. The molecule has 4 nitrogen and oxygen atoms in total. The normalized spacial score (nSPS) is 11.8. The predicted molar refractivity (Wildman–Crippen MR) is 174 cm³/mol. The number of benzene rings is 5. The summed E-state index contributed by atoms with van der Waals surface area (Å²) in [5, 5.41) is 5.24. The number of fused-ring (bicyclic) bond motifs is 6. The van der Waals surface area contributed by atoms with Gasteiger partial charge in [0.1, 0.15) is 4.83 Å². The number of rotatable bonds is 4. The smallest absolute Gasteiger partial charge is 0.164 e. The van der Waals surface area contributed by atoms with Crippen LogP contribution in [0.15, 0.2) is 133 Å². The third-order valence-electron chi connectivity index (χ3n) is 8.03. The lowest BCUT2D eigenvalue weighted by Crippen LogP contribution is -2.00. The molecule has 0 aliphatic rings. The third-order valence-corrected chi connectivity index (χ3v) is 9.20. The molecule has 0 aliphatic carbocycles. The maximum Gasteiger partial charge on any atom is 0.164 e. The van der Waals surface area contributed by atoms with Crippen molar-refractivity contribution in [3.05, 3.63) is 133 Å². The molecule has 42 heavy (non-hydrogen) atoms. The first kappa shape index (κ1) is 23.3. The van der Waals surface area contributed by atoms with Gasteiger partial charge in [0.05, 0.1) is 11.0 Å². The zero-order chi connectivity index (χ0) is 27.6. The molecule has 0 aliphatic heterocycles. The van der Waals surface area contributed by atoms with Gasteiger partial charge in [-0.3, -0.25) is 4.40 Å². The van der Waals surface area contributed by atoms with Crippen LogP contribution in [0.4, 0.5) is 0 Å². The van der Waals surface area contributed by atoms with Gasteiger partial charge in [0, 0.05) is 43.1 Å². The average Bonchev–Trinajstić information content (AvgIpc) is 3.74. The largest absolute Gasteiger partial charge is 0.299 e. The highest BCUT2D eigenvalue weighted by molar-refractivity contribution is 7.22. The van der Waals surface area contributed by atoms with E-state index in [1.165, 1.54) is 47.8 Å². The van der Waals surface area contributed by atoms with E-state index >= 15 is 0 Å². The number of aromatic nitrogens is 4. The molecule has 0 N–H and O–H groups in total. The van der Waals surface area contributed by atoms with Crippen molar-refractivity contribution in [2.24, 2.45) is 0 Å². The maximum atomic E-state index is 4.89. The van der Waals surface area contributed by atoms with Crippen LogP contribution in [-0.2, 0) is 0 Å². The summed E-state index contributed by atoms with van der Waals surface area (Å²) in [6.45, 7) is 0. The molecular formula is C37H22N4S. The second-order valence-electron chi connectivity index (χ2n) is 10.5. The molecule has 196 valence electrons. The van der Waals surface area contributed by atoms with Gasteiger partial charge in [0.2, 0.25) is 0 Å². The molecule has 0 amide bonds. The molecular weight excluding hydrogens is 533 g/mol. The van der Waals surface area contributed by atoms with Crippen LogP contribution >= 0.6 is 11.3 Å². The number of nitrogens with zero attached hydrogens (tertiary/aromatic N) is 4. The number of thiophene rings is 1. The number of hydrogen-bond acceptors (Lipinski definition) is 4. The molecule has 0 unspecified atom stereocenters. The molecule has 0 saturated heterocycles. The van der Waals surface area contributed by atoms with Crippen LogP contribution in [0.25, 0.3) is 82.0 Å². The molecule has 4 aromatic heterocycles. The van der Waals surface area contributed by atoms with E-state index in [9.17, 15) is 0 Å². The Hall–Kier alpha value is -5.39. The average molecular weight is 555 g/mol. The Morgan fingerprint density at radius 2 is 0.929 bits per heavy atom. The van der Waals surface area contributed by atoms with Crippen molar-refractivity contribution in [1.29, 1.82) is 0 Å². The van der Waals surface area contributed by atoms with E-state index in [0.717, 1.165) is 16.7 Å². The van der Waals surface area contributed by atoms with E-state index in [-0.39, 0.29) is 0 Å². The molecule has 0 atom stereocenters. The van der Waals surface area contributed by atoms with Crippen LogP contribution in [-0.4, -0.2) is 19.4 Å². The van der Waals surface area contributed by atoms with Crippen LogP contribution in [0.2, 0.25) is 0 Å². The van der Waals surface area contributed by atoms with Gasteiger partial charge >= 0.3 is 0 Å². The van der Waals surface area contributed by atoms with E-state index in [4.69, 9.17) is 15.0 Å². The van der Waals surface area contributed by atoms with Crippen LogP contribution in [0.5, 0.6) is 0 Å². The Morgan fingerprint density at radius 3 is 1.57 bits per heavy atom. The first-order chi connectivity index (χ1) is 20.8. The van der Waals surface area contributed by atoms with Crippen LogP contribution in [0, 0.1) is 0 Å². The van der Waals surface area contributed by atoms with Crippen molar-refractivity contribution < 1.29 is 0 Å². The Labute approximate surface area is 245 Å². The van der Waals surface area contributed by atoms with Crippen molar-refractivity contribution in [1.82, 2.24) is 19.4 Å². The highest BCUT2D eigenvalue weighted by Crippen LogP contribution is 2.44. The predicted octanol–water partition coefficient (Wildman–Crippen LogP) is 9.75. The van der Waals surface area contributed by atoms with Crippen molar-refractivity contribution in [2.45, 2.75) is 0 Å². The first-order valence-corrected chi connectivity index (χ1v) is 14.8. The monoisotopic (exact) mass is 554 g/mol. The lowest BCUT2D eigenvalue weighted by molar-refractivity contribution is 1.07. The van der Waals surface area contributed by atoms with E-state index < -0.39 is 0 Å². The zero-order valence-electron chi connectivity index (χ0n) is 22.4. The molecule has 4 heterocycles. The van der Waals surface area contributed by atoms with E-state index in [1.54, 1.807) is 0 Å². The van der Waals surface area contributed by atoms with Crippen molar-refractivity contribution >= 4 is 48.7 Å². The Kier molecular flexibility index (Phi) is 5.03. The summed E-state index contributed by atoms with van der Waals surface area (Å²) in [5.74, 6) is 2.00. The van der Waals surface area contributed by atoms with Crippen molar-refractivity contribution in [3.8, 4) is 44.6 Å². The Balaban J connectivity index is 1.16. The molecule has 5 aromatic carbocycles. The Morgan fingerprint density at radius 1 is 0.429 bits per heavy atom.